The van der Waals surface area contributed by atoms with E-state index in [1.54, 1.807) is 19.1 Å². The summed E-state index contributed by atoms with van der Waals surface area (Å²) in [5, 5.41) is 4.95. The Labute approximate surface area is 202 Å². The van der Waals surface area contributed by atoms with E-state index in [9.17, 15) is 14.0 Å². The van der Waals surface area contributed by atoms with Gasteiger partial charge in [-0.1, -0.05) is 49.4 Å². The minimum absolute atomic E-state index is 0.00692. The summed E-state index contributed by atoms with van der Waals surface area (Å²) in [5.41, 5.74) is 0.722. The van der Waals surface area contributed by atoms with Crippen LogP contribution in [0.1, 0.15) is 32.8 Å². The summed E-state index contributed by atoms with van der Waals surface area (Å²) >= 11 is 3.57. The van der Waals surface area contributed by atoms with E-state index < -0.39 is 6.04 Å². The number of rotatable bonds is 9. The molecule has 7 heteroatoms. The number of carbonyl (C=O) groups excluding carboxylic acids is 2. The van der Waals surface area contributed by atoms with Crippen molar-refractivity contribution in [2.75, 3.05) is 6.61 Å². The van der Waals surface area contributed by atoms with Crippen LogP contribution >= 0.6 is 15.9 Å². The minimum Gasteiger partial charge on any atom is -0.483 e. The Bertz CT molecular complexity index is 1120. The van der Waals surface area contributed by atoms with Crippen molar-refractivity contribution in [3.8, 4) is 5.75 Å². The first kappa shape index (κ1) is 24.7. The number of nitrogens with one attached hydrogen (secondary N) is 1. The highest BCUT2D eigenvalue weighted by atomic mass is 79.9. The Morgan fingerprint density at radius 2 is 1.76 bits per heavy atom. The summed E-state index contributed by atoms with van der Waals surface area (Å²) in [6.45, 7) is 5.50. The number of fused-ring (bicyclic) bond motifs is 1. The van der Waals surface area contributed by atoms with Crippen LogP contribution in [0.25, 0.3) is 10.8 Å². The number of benzene rings is 3. The summed E-state index contributed by atoms with van der Waals surface area (Å²) in [6, 6.07) is 16.8. The summed E-state index contributed by atoms with van der Waals surface area (Å²) in [6.07, 6.45) is 0.781. The maximum atomic E-state index is 13.3. The lowest BCUT2D eigenvalue weighted by Crippen LogP contribution is -2.50. The number of hydrogen-bond acceptors (Lipinski definition) is 3. The van der Waals surface area contributed by atoms with E-state index in [0.717, 1.165) is 27.2 Å². The van der Waals surface area contributed by atoms with E-state index in [2.05, 4.69) is 21.2 Å². The van der Waals surface area contributed by atoms with Gasteiger partial charge in [-0.25, -0.2) is 4.39 Å². The summed E-state index contributed by atoms with van der Waals surface area (Å²) in [5.74, 6) is -0.401. The van der Waals surface area contributed by atoms with Gasteiger partial charge in [-0.15, -0.1) is 0 Å². The molecule has 0 aliphatic heterocycles. The van der Waals surface area contributed by atoms with Gasteiger partial charge in [0.2, 0.25) is 5.91 Å². The smallest absolute Gasteiger partial charge is 0.261 e. The molecule has 0 heterocycles. The SMILES string of the molecule is CC[C@H](C)NC(=O)[C@H](C)N(Cc1ccc(F)cc1)C(=O)COc1ccc2ccccc2c1Br. The average molecular weight is 515 g/mol. The van der Waals surface area contributed by atoms with Crippen LogP contribution in [-0.2, 0) is 16.1 Å². The van der Waals surface area contributed by atoms with Crippen LogP contribution in [0.3, 0.4) is 0 Å². The largest absolute Gasteiger partial charge is 0.483 e. The Balaban J connectivity index is 1.78. The predicted octanol–water partition coefficient (Wildman–Crippen LogP) is 5.45. The highest BCUT2D eigenvalue weighted by molar-refractivity contribution is 9.10. The first-order valence-corrected chi connectivity index (χ1v) is 11.7. The number of ether oxygens (including phenoxy) is 1. The third-order valence-electron chi connectivity index (χ3n) is 5.61. The second-order valence-corrected chi connectivity index (χ2v) is 8.82. The quantitative estimate of drug-likeness (QED) is 0.412. The van der Waals surface area contributed by atoms with Crippen LogP contribution in [0.15, 0.2) is 65.1 Å². The minimum atomic E-state index is -0.722. The van der Waals surface area contributed by atoms with Crippen LogP contribution in [0, 0.1) is 5.82 Å². The normalized spacial score (nSPS) is 12.8. The molecule has 3 rings (SSSR count). The maximum absolute atomic E-state index is 13.3. The van der Waals surface area contributed by atoms with Crippen molar-refractivity contribution in [2.24, 2.45) is 0 Å². The summed E-state index contributed by atoms with van der Waals surface area (Å²) in [4.78, 5) is 27.4. The molecule has 174 valence electrons. The number of carbonyl (C=O) groups is 2. The Hall–Kier alpha value is -2.93. The van der Waals surface area contributed by atoms with E-state index >= 15 is 0 Å². The fraction of sp³-hybridized carbons (Fsp3) is 0.308. The van der Waals surface area contributed by atoms with Crippen molar-refractivity contribution < 1.29 is 18.7 Å². The predicted molar refractivity (Wildman–Crippen MR) is 131 cm³/mol. The molecular formula is C26H28BrFN2O3. The van der Waals surface area contributed by atoms with E-state index in [-0.39, 0.29) is 36.8 Å². The number of halogens is 2. The summed E-state index contributed by atoms with van der Waals surface area (Å²) < 4.78 is 20.0. The van der Waals surface area contributed by atoms with E-state index in [1.807, 2.05) is 50.2 Å². The maximum Gasteiger partial charge on any atom is 0.261 e. The van der Waals surface area contributed by atoms with E-state index in [0.29, 0.717) is 5.75 Å². The fourth-order valence-corrected chi connectivity index (χ4v) is 3.99. The van der Waals surface area contributed by atoms with Gasteiger partial charge in [0, 0.05) is 12.6 Å². The number of amides is 2. The molecule has 0 radical (unpaired) electrons. The van der Waals surface area contributed by atoms with Gasteiger partial charge in [-0.2, -0.15) is 0 Å². The van der Waals surface area contributed by atoms with Gasteiger partial charge in [0.25, 0.3) is 5.91 Å². The standard InChI is InChI=1S/C26H28BrFN2O3/c1-4-17(2)29-26(32)18(3)30(15-19-9-12-21(28)13-10-19)24(31)16-33-23-14-11-20-7-5-6-8-22(20)25(23)27/h5-14,17-18H,4,15-16H2,1-3H3,(H,29,32)/t17-,18-/m0/s1. The molecule has 33 heavy (non-hydrogen) atoms. The van der Waals surface area contributed by atoms with E-state index in [4.69, 9.17) is 4.74 Å². The third kappa shape index (κ3) is 6.32. The monoisotopic (exact) mass is 514 g/mol. The average Bonchev–Trinajstić information content (AvgIpc) is 2.82. The zero-order chi connectivity index (χ0) is 24.0. The molecule has 0 unspecified atom stereocenters. The van der Waals surface area contributed by atoms with Crippen molar-refractivity contribution in [3.05, 3.63) is 76.5 Å². The first-order chi connectivity index (χ1) is 15.8. The topological polar surface area (TPSA) is 58.6 Å². The lowest BCUT2D eigenvalue weighted by Gasteiger charge is -2.29. The second kappa shape index (κ2) is 11.3. The molecule has 2 amide bonds. The zero-order valence-electron chi connectivity index (χ0n) is 19.0. The van der Waals surface area contributed by atoms with Gasteiger partial charge in [0.1, 0.15) is 17.6 Å². The molecule has 3 aromatic rings. The van der Waals surface area contributed by atoms with Crippen molar-refractivity contribution in [3.63, 3.8) is 0 Å². The molecule has 0 saturated carbocycles. The molecule has 0 aliphatic rings. The number of hydrogen-bond donors (Lipinski definition) is 1. The lowest BCUT2D eigenvalue weighted by atomic mass is 10.1. The molecule has 1 N–H and O–H groups in total. The van der Waals surface area contributed by atoms with Crippen LogP contribution in [0.2, 0.25) is 0 Å². The van der Waals surface area contributed by atoms with Gasteiger partial charge < -0.3 is 15.0 Å². The van der Waals surface area contributed by atoms with Crippen molar-refractivity contribution in [2.45, 2.75) is 45.8 Å². The molecule has 5 nitrogen and oxygen atoms in total. The molecular weight excluding hydrogens is 487 g/mol. The molecule has 0 spiro atoms. The van der Waals surface area contributed by atoms with Gasteiger partial charge in [-0.05, 0) is 70.7 Å². The Kier molecular flexibility index (Phi) is 8.44. The first-order valence-electron chi connectivity index (χ1n) is 10.9. The van der Waals surface area contributed by atoms with Gasteiger partial charge in [0.05, 0.1) is 4.47 Å². The van der Waals surface area contributed by atoms with Gasteiger partial charge >= 0.3 is 0 Å². The van der Waals surface area contributed by atoms with Gasteiger partial charge in [-0.3, -0.25) is 9.59 Å². The number of nitrogens with zero attached hydrogens (tertiary/aromatic N) is 1. The van der Waals surface area contributed by atoms with Crippen molar-refractivity contribution in [1.82, 2.24) is 10.2 Å². The molecule has 0 bridgehead atoms. The van der Waals surface area contributed by atoms with Crippen LogP contribution in [-0.4, -0.2) is 35.4 Å². The molecule has 2 atom stereocenters. The molecule has 0 saturated heterocycles. The highest BCUT2D eigenvalue weighted by Gasteiger charge is 2.27. The van der Waals surface area contributed by atoms with Crippen molar-refractivity contribution >= 4 is 38.5 Å². The molecule has 0 aliphatic carbocycles. The lowest BCUT2D eigenvalue weighted by molar-refractivity contribution is -0.142. The van der Waals surface area contributed by atoms with Crippen LogP contribution < -0.4 is 10.1 Å². The summed E-state index contributed by atoms with van der Waals surface area (Å²) in [7, 11) is 0. The Morgan fingerprint density at radius 3 is 2.45 bits per heavy atom. The third-order valence-corrected chi connectivity index (χ3v) is 6.43. The fourth-order valence-electron chi connectivity index (χ4n) is 3.38. The van der Waals surface area contributed by atoms with Crippen LogP contribution in [0.4, 0.5) is 4.39 Å². The van der Waals surface area contributed by atoms with Crippen LogP contribution in [0.5, 0.6) is 5.75 Å². The molecule has 0 fully saturated rings. The van der Waals surface area contributed by atoms with Crippen molar-refractivity contribution in [1.29, 1.82) is 0 Å². The van der Waals surface area contributed by atoms with Gasteiger partial charge in [0.15, 0.2) is 6.61 Å². The molecule has 0 aromatic heterocycles. The second-order valence-electron chi connectivity index (χ2n) is 8.03. The highest BCUT2D eigenvalue weighted by Crippen LogP contribution is 2.33. The Morgan fingerprint density at radius 1 is 1.06 bits per heavy atom. The zero-order valence-corrected chi connectivity index (χ0v) is 20.6. The van der Waals surface area contributed by atoms with E-state index in [1.165, 1.54) is 17.0 Å². The molecule has 3 aromatic carbocycles.